The average molecular weight is 557 g/mol. The molecule has 1 amide bonds. The van der Waals surface area contributed by atoms with E-state index in [1.54, 1.807) is 0 Å². The molecule has 2 aliphatic heterocycles. The Kier molecular flexibility index (Phi) is 11.7. The van der Waals surface area contributed by atoms with Gasteiger partial charge in [0, 0.05) is 71.4 Å². The lowest BCUT2D eigenvalue weighted by Gasteiger charge is -2.34. The predicted octanol–water partition coefficient (Wildman–Crippen LogP) is 2.23. The Labute approximate surface area is 211 Å². The molecule has 2 N–H and O–H groups in total. The zero-order valence-corrected chi connectivity index (χ0v) is 22.3. The fourth-order valence-corrected chi connectivity index (χ4v) is 4.35. The quantitative estimate of drug-likeness (QED) is 0.223. The predicted molar refractivity (Wildman–Crippen MR) is 143 cm³/mol. The van der Waals surface area contributed by atoms with Crippen LogP contribution in [0.1, 0.15) is 32.3 Å². The summed E-state index contributed by atoms with van der Waals surface area (Å²) in [6, 6.07) is 11.0. The molecule has 8 heteroatoms. The van der Waals surface area contributed by atoms with Crippen molar-refractivity contribution >= 4 is 35.8 Å². The van der Waals surface area contributed by atoms with Crippen LogP contribution < -0.4 is 10.6 Å². The molecule has 180 valence electrons. The van der Waals surface area contributed by atoms with Crippen LogP contribution in [0.15, 0.2) is 35.3 Å². The number of hydrogen-bond acceptors (Lipinski definition) is 4. The smallest absolute Gasteiger partial charge is 0.225 e. The van der Waals surface area contributed by atoms with E-state index in [0.29, 0.717) is 0 Å². The van der Waals surface area contributed by atoms with Crippen molar-refractivity contribution in [1.29, 1.82) is 0 Å². The summed E-state index contributed by atoms with van der Waals surface area (Å²) >= 11 is 0. The number of nitrogens with zero attached hydrogens (tertiary/aromatic N) is 4. The fraction of sp³-hybridized carbons (Fsp3) is 0.667. The van der Waals surface area contributed by atoms with Gasteiger partial charge in [0.1, 0.15) is 0 Å². The number of likely N-dealkylation sites (tertiary alicyclic amines) is 1. The van der Waals surface area contributed by atoms with Crippen LogP contribution in [-0.4, -0.2) is 92.0 Å². The van der Waals surface area contributed by atoms with Gasteiger partial charge in [-0.1, -0.05) is 44.2 Å². The highest BCUT2D eigenvalue weighted by atomic mass is 127. The Morgan fingerprint density at radius 2 is 1.78 bits per heavy atom. The molecule has 0 aliphatic carbocycles. The van der Waals surface area contributed by atoms with Gasteiger partial charge in [0.25, 0.3) is 0 Å². The summed E-state index contributed by atoms with van der Waals surface area (Å²) < 4.78 is 0. The second-order valence-corrected chi connectivity index (χ2v) is 9.02. The number of piperazine rings is 1. The number of rotatable bonds is 8. The summed E-state index contributed by atoms with van der Waals surface area (Å²) in [6.07, 6.45) is 2.08. The lowest BCUT2D eigenvalue weighted by molar-refractivity contribution is -0.133. The molecular formula is C24H41IN6O. The van der Waals surface area contributed by atoms with Crippen molar-refractivity contribution in [2.45, 2.75) is 39.3 Å². The van der Waals surface area contributed by atoms with E-state index in [-0.39, 0.29) is 41.8 Å². The SMILES string of the molecule is CN=C(NCCCN1CCN(Cc2ccccc2)CC1)NC1CCN(C(=O)C(C)C)C1.I. The number of hydrogen-bond donors (Lipinski definition) is 2. The highest BCUT2D eigenvalue weighted by Crippen LogP contribution is 2.13. The largest absolute Gasteiger partial charge is 0.356 e. The van der Waals surface area contributed by atoms with Crippen molar-refractivity contribution in [3.63, 3.8) is 0 Å². The van der Waals surface area contributed by atoms with Crippen LogP contribution >= 0.6 is 24.0 Å². The third-order valence-corrected chi connectivity index (χ3v) is 6.22. The molecule has 3 rings (SSSR count). The molecule has 0 spiro atoms. The molecule has 2 heterocycles. The van der Waals surface area contributed by atoms with Crippen LogP contribution in [-0.2, 0) is 11.3 Å². The van der Waals surface area contributed by atoms with Gasteiger partial charge in [0.2, 0.25) is 5.91 Å². The van der Waals surface area contributed by atoms with Crippen LogP contribution in [0, 0.1) is 5.92 Å². The molecule has 0 aromatic heterocycles. The van der Waals surface area contributed by atoms with Crippen molar-refractivity contribution in [2.24, 2.45) is 10.9 Å². The van der Waals surface area contributed by atoms with Crippen LogP contribution in [0.3, 0.4) is 0 Å². The van der Waals surface area contributed by atoms with Gasteiger partial charge in [0.05, 0.1) is 0 Å². The molecule has 2 saturated heterocycles. The molecule has 1 aromatic rings. The van der Waals surface area contributed by atoms with E-state index in [2.05, 4.69) is 55.8 Å². The van der Waals surface area contributed by atoms with Gasteiger partial charge in [-0.25, -0.2) is 0 Å². The van der Waals surface area contributed by atoms with Gasteiger partial charge in [-0.2, -0.15) is 0 Å². The van der Waals surface area contributed by atoms with E-state index in [0.717, 1.165) is 77.7 Å². The summed E-state index contributed by atoms with van der Waals surface area (Å²) in [5, 5.41) is 6.92. The number of benzene rings is 1. The number of carbonyl (C=O) groups is 1. The van der Waals surface area contributed by atoms with Crippen molar-refractivity contribution in [3.05, 3.63) is 35.9 Å². The fourth-order valence-electron chi connectivity index (χ4n) is 4.35. The first kappa shape index (κ1) is 26.9. The number of guanidine groups is 1. The Bertz CT molecular complexity index is 706. The summed E-state index contributed by atoms with van der Waals surface area (Å²) in [5.41, 5.74) is 1.40. The first-order valence-electron chi connectivity index (χ1n) is 11.8. The Hall–Kier alpha value is -1.39. The molecule has 0 radical (unpaired) electrons. The number of aliphatic imine (C=N–C) groups is 1. The minimum atomic E-state index is 0. The summed E-state index contributed by atoms with van der Waals surface area (Å²) in [6.45, 7) is 13.2. The lowest BCUT2D eigenvalue weighted by atomic mass is 10.2. The average Bonchev–Trinajstić information content (AvgIpc) is 3.25. The molecule has 2 aliphatic rings. The minimum absolute atomic E-state index is 0. The number of carbonyl (C=O) groups excluding carboxylic acids is 1. The molecule has 2 fully saturated rings. The van der Waals surface area contributed by atoms with Crippen molar-refractivity contribution < 1.29 is 4.79 Å². The van der Waals surface area contributed by atoms with E-state index in [9.17, 15) is 4.79 Å². The normalized spacial score (nSPS) is 20.3. The zero-order chi connectivity index (χ0) is 22.1. The topological polar surface area (TPSA) is 63.2 Å². The summed E-state index contributed by atoms with van der Waals surface area (Å²) in [4.78, 5) is 23.6. The van der Waals surface area contributed by atoms with E-state index >= 15 is 0 Å². The highest BCUT2D eigenvalue weighted by Gasteiger charge is 2.27. The third-order valence-electron chi connectivity index (χ3n) is 6.22. The molecule has 32 heavy (non-hydrogen) atoms. The standard InChI is InChI=1S/C24H40N6O.HI/c1-20(2)23(31)30-13-10-22(19-30)27-24(25-3)26-11-7-12-28-14-16-29(17-15-28)18-21-8-5-4-6-9-21;/h4-6,8-9,20,22H,7,10-19H2,1-3H3,(H2,25,26,27);1H. The summed E-state index contributed by atoms with van der Waals surface area (Å²) in [5.74, 6) is 1.16. The van der Waals surface area contributed by atoms with Crippen molar-refractivity contribution in [2.75, 3.05) is 59.4 Å². The van der Waals surface area contributed by atoms with Crippen molar-refractivity contribution in [1.82, 2.24) is 25.3 Å². The second kappa shape index (κ2) is 14.0. The number of nitrogens with one attached hydrogen (secondary N) is 2. The summed E-state index contributed by atoms with van der Waals surface area (Å²) in [7, 11) is 1.81. The Morgan fingerprint density at radius 1 is 1.09 bits per heavy atom. The van der Waals surface area contributed by atoms with E-state index in [1.165, 1.54) is 5.56 Å². The van der Waals surface area contributed by atoms with E-state index in [4.69, 9.17) is 0 Å². The third kappa shape index (κ3) is 8.51. The highest BCUT2D eigenvalue weighted by molar-refractivity contribution is 14.0. The first-order valence-corrected chi connectivity index (χ1v) is 11.8. The minimum Gasteiger partial charge on any atom is -0.356 e. The molecule has 0 saturated carbocycles. The Balaban J connectivity index is 0.00000363. The van der Waals surface area contributed by atoms with Gasteiger partial charge in [0.15, 0.2) is 5.96 Å². The van der Waals surface area contributed by atoms with Gasteiger partial charge in [-0.15, -0.1) is 24.0 Å². The first-order chi connectivity index (χ1) is 15.0. The van der Waals surface area contributed by atoms with E-state index < -0.39 is 0 Å². The molecule has 1 aromatic carbocycles. The number of amides is 1. The van der Waals surface area contributed by atoms with Gasteiger partial charge in [-0.3, -0.25) is 14.7 Å². The Morgan fingerprint density at radius 3 is 2.44 bits per heavy atom. The van der Waals surface area contributed by atoms with Crippen LogP contribution in [0.25, 0.3) is 0 Å². The van der Waals surface area contributed by atoms with E-state index in [1.807, 2.05) is 25.8 Å². The maximum atomic E-state index is 12.2. The van der Waals surface area contributed by atoms with Crippen molar-refractivity contribution in [3.8, 4) is 0 Å². The second-order valence-electron chi connectivity index (χ2n) is 9.02. The number of halogens is 1. The van der Waals surface area contributed by atoms with Crippen LogP contribution in [0.5, 0.6) is 0 Å². The molecular weight excluding hydrogens is 515 g/mol. The molecule has 0 bridgehead atoms. The molecule has 7 nitrogen and oxygen atoms in total. The molecule has 1 atom stereocenters. The maximum Gasteiger partial charge on any atom is 0.225 e. The van der Waals surface area contributed by atoms with Crippen LogP contribution in [0.4, 0.5) is 0 Å². The zero-order valence-electron chi connectivity index (χ0n) is 19.9. The van der Waals surface area contributed by atoms with Gasteiger partial charge < -0.3 is 20.4 Å². The van der Waals surface area contributed by atoms with Gasteiger partial charge >= 0.3 is 0 Å². The maximum absolute atomic E-state index is 12.2. The van der Waals surface area contributed by atoms with Gasteiger partial charge in [-0.05, 0) is 24.9 Å². The molecule has 1 unspecified atom stereocenters. The lowest BCUT2D eigenvalue weighted by Crippen LogP contribution is -2.47. The monoisotopic (exact) mass is 556 g/mol. The van der Waals surface area contributed by atoms with Crippen LogP contribution in [0.2, 0.25) is 0 Å².